The number of hydrogen-bond donors (Lipinski definition) is 2. The van der Waals surface area contributed by atoms with Gasteiger partial charge in [-0.05, 0) is 35.7 Å². The molecule has 2 aromatic rings. The molecule has 9 heteroatoms. The molecular formula is C20H18N4O5. The van der Waals surface area contributed by atoms with Gasteiger partial charge in [-0.15, -0.1) is 0 Å². The number of piperidine rings is 1. The van der Waals surface area contributed by atoms with Crippen molar-refractivity contribution in [3.05, 3.63) is 59.4 Å². The number of anilines is 1. The lowest BCUT2D eigenvalue weighted by molar-refractivity contribution is -0.136. The van der Waals surface area contributed by atoms with Gasteiger partial charge in [0, 0.05) is 24.7 Å². The smallest absolute Gasteiger partial charge is 0.412 e. The summed E-state index contributed by atoms with van der Waals surface area (Å²) in [5.41, 5.74) is 2.44. The molecule has 2 aliphatic rings. The van der Waals surface area contributed by atoms with Crippen LogP contribution in [0.2, 0.25) is 0 Å². The van der Waals surface area contributed by atoms with Gasteiger partial charge in [-0.25, -0.2) is 4.79 Å². The van der Waals surface area contributed by atoms with E-state index in [9.17, 15) is 19.2 Å². The highest BCUT2D eigenvalue weighted by Crippen LogP contribution is 2.28. The predicted octanol–water partition coefficient (Wildman–Crippen LogP) is 1.59. The maximum atomic E-state index is 12.8. The van der Waals surface area contributed by atoms with Gasteiger partial charge in [0.2, 0.25) is 11.8 Å². The zero-order valence-electron chi connectivity index (χ0n) is 15.4. The normalized spacial score (nSPS) is 18.3. The lowest BCUT2D eigenvalue weighted by Crippen LogP contribution is -2.52. The molecule has 1 aromatic carbocycles. The highest BCUT2D eigenvalue weighted by molar-refractivity contribution is 6.05. The van der Waals surface area contributed by atoms with Gasteiger partial charge in [-0.3, -0.25) is 30.0 Å². The number of benzene rings is 1. The molecule has 29 heavy (non-hydrogen) atoms. The Morgan fingerprint density at radius 1 is 1.28 bits per heavy atom. The van der Waals surface area contributed by atoms with E-state index >= 15 is 0 Å². The van der Waals surface area contributed by atoms with Crippen molar-refractivity contribution in [1.82, 2.24) is 15.2 Å². The summed E-state index contributed by atoms with van der Waals surface area (Å²) >= 11 is 0. The maximum absolute atomic E-state index is 12.8. The zero-order chi connectivity index (χ0) is 20.4. The van der Waals surface area contributed by atoms with Crippen molar-refractivity contribution in [3.63, 3.8) is 0 Å². The number of rotatable bonds is 4. The first-order valence-electron chi connectivity index (χ1n) is 9.11. The Morgan fingerprint density at radius 2 is 2.14 bits per heavy atom. The third-order valence-corrected chi connectivity index (χ3v) is 4.87. The van der Waals surface area contributed by atoms with Crippen LogP contribution < -0.4 is 10.6 Å². The van der Waals surface area contributed by atoms with Crippen LogP contribution in [-0.4, -0.2) is 39.7 Å². The first-order chi connectivity index (χ1) is 14.0. The fraction of sp³-hybridized carbons (Fsp3) is 0.250. The number of aromatic nitrogens is 1. The Bertz CT molecular complexity index is 992. The Kier molecular flexibility index (Phi) is 4.94. The zero-order valence-corrected chi connectivity index (χ0v) is 15.4. The van der Waals surface area contributed by atoms with Gasteiger partial charge in [0.05, 0.1) is 11.9 Å². The summed E-state index contributed by atoms with van der Waals surface area (Å²) in [4.78, 5) is 53.5. The molecule has 4 amide bonds. The number of nitrogens with one attached hydrogen (secondary N) is 2. The summed E-state index contributed by atoms with van der Waals surface area (Å²) in [5, 5.41) is 4.84. The van der Waals surface area contributed by atoms with Crippen molar-refractivity contribution in [2.45, 2.75) is 32.0 Å². The molecule has 1 fully saturated rings. The Balaban J connectivity index is 1.39. The minimum absolute atomic E-state index is 0.00886. The number of carbonyl (C=O) groups excluding carboxylic acids is 4. The quantitative estimate of drug-likeness (QED) is 0.761. The lowest BCUT2D eigenvalue weighted by Gasteiger charge is -2.29. The summed E-state index contributed by atoms with van der Waals surface area (Å²) in [6.45, 7) is 0.300. The van der Waals surface area contributed by atoms with Crippen molar-refractivity contribution < 1.29 is 23.9 Å². The fourth-order valence-corrected chi connectivity index (χ4v) is 3.43. The van der Waals surface area contributed by atoms with Crippen LogP contribution in [0.15, 0.2) is 42.7 Å². The summed E-state index contributed by atoms with van der Waals surface area (Å²) in [7, 11) is 0. The number of nitrogens with zero attached hydrogens (tertiary/aromatic N) is 2. The van der Waals surface area contributed by atoms with Crippen LogP contribution in [0.25, 0.3) is 0 Å². The number of hydrogen-bond acceptors (Lipinski definition) is 6. The predicted molar refractivity (Wildman–Crippen MR) is 101 cm³/mol. The van der Waals surface area contributed by atoms with Gasteiger partial charge in [-0.1, -0.05) is 12.1 Å². The number of imide groups is 1. The third-order valence-electron chi connectivity index (χ3n) is 4.87. The molecule has 0 saturated carbocycles. The topological polar surface area (TPSA) is 118 Å². The van der Waals surface area contributed by atoms with Crippen molar-refractivity contribution >= 4 is 29.5 Å². The second-order valence-corrected chi connectivity index (χ2v) is 6.83. The van der Waals surface area contributed by atoms with Gasteiger partial charge < -0.3 is 9.64 Å². The molecule has 0 aliphatic carbocycles. The van der Waals surface area contributed by atoms with E-state index in [2.05, 4.69) is 15.6 Å². The average molecular weight is 394 g/mol. The fourth-order valence-electron chi connectivity index (χ4n) is 3.43. The van der Waals surface area contributed by atoms with Crippen molar-refractivity contribution in [3.8, 4) is 0 Å². The highest BCUT2D eigenvalue weighted by atomic mass is 16.5. The minimum atomic E-state index is -0.655. The molecule has 1 unspecified atom stereocenters. The molecular weight excluding hydrogens is 376 g/mol. The monoisotopic (exact) mass is 394 g/mol. The average Bonchev–Trinajstić information content (AvgIpc) is 3.03. The number of ether oxygens (including phenoxy) is 1. The van der Waals surface area contributed by atoms with Crippen LogP contribution in [0.1, 0.15) is 34.3 Å². The van der Waals surface area contributed by atoms with Crippen LogP contribution in [0.3, 0.4) is 0 Å². The van der Waals surface area contributed by atoms with Crippen LogP contribution in [0, 0.1) is 0 Å². The van der Waals surface area contributed by atoms with Crippen molar-refractivity contribution in [1.29, 1.82) is 0 Å². The summed E-state index contributed by atoms with van der Waals surface area (Å²) in [5.74, 6) is -1.03. The van der Waals surface area contributed by atoms with Crippen LogP contribution in [0.5, 0.6) is 0 Å². The van der Waals surface area contributed by atoms with Crippen LogP contribution >= 0.6 is 0 Å². The Labute approximate surface area is 166 Å². The highest BCUT2D eigenvalue weighted by Gasteiger charge is 2.39. The van der Waals surface area contributed by atoms with Gasteiger partial charge in [-0.2, -0.15) is 0 Å². The Morgan fingerprint density at radius 3 is 2.90 bits per heavy atom. The van der Waals surface area contributed by atoms with E-state index in [0.29, 0.717) is 29.8 Å². The molecule has 0 bridgehead atoms. The summed E-state index contributed by atoms with van der Waals surface area (Å²) < 4.78 is 5.19. The molecule has 1 saturated heterocycles. The molecule has 148 valence electrons. The number of fused-ring (bicyclic) bond motifs is 1. The molecule has 0 radical (unpaired) electrons. The SMILES string of the molecule is O=C1CCC(N2Cc3ccc(COC(=O)Nc4cccnc4)cc3C2=O)C(=O)N1. The molecule has 9 nitrogen and oxygen atoms in total. The second kappa shape index (κ2) is 7.70. The largest absolute Gasteiger partial charge is 0.444 e. The molecule has 0 spiro atoms. The van der Waals surface area contributed by atoms with E-state index in [-0.39, 0.29) is 24.8 Å². The van der Waals surface area contributed by atoms with E-state index in [1.165, 1.54) is 11.1 Å². The first-order valence-corrected chi connectivity index (χ1v) is 9.11. The molecule has 3 heterocycles. The molecule has 4 rings (SSSR count). The van der Waals surface area contributed by atoms with E-state index in [0.717, 1.165) is 5.56 Å². The van der Waals surface area contributed by atoms with E-state index in [1.807, 2.05) is 0 Å². The van der Waals surface area contributed by atoms with Gasteiger partial charge >= 0.3 is 6.09 Å². The van der Waals surface area contributed by atoms with Crippen molar-refractivity contribution in [2.24, 2.45) is 0 Å². The van der Waals surface area contributed by atoms with E-state index in [1.54, 1.807) is 36.5 Å². The molecule has 1 atom stereocenters. The van der Waals surface area contributed by atoms with Gasteiger partial charge in [0.15, 0.2) is 0 Å². The van der Waals surface area contributed by atoms with E-state index in [4.69, 9.17) is 4.74 Å². The standard InChI is InChI=1S/C20H18N4O5/c25-17-6-5-16(18(26)23-17)24-10-13-4-3-12(8-15(13)19(24)27)11-29-20(28)22-14-2-1-7-21-9-14/h1-4,7-9,16H,5-6,10-11H2,(H,22,28)(H,23,25,26). The maximum Gasteiger partial charge on any atom is 0.412 e. The molecule has 2 N–H and O–H groups in total. The lowest BCUT2D eigenvalue weighted by atomic mass is 10.0. The first kappa shape index (κ1) is 18.6. The number of carbonyl (C=O) groups is 4. The van der Waals surface area contributed by atoms with E-state index < -0.39 is 18.0 Å². The number of amides is 4. The van der Waals surface area contributed by atoms with Gasteiger partial charge in [0.25, 0.3) is 5.91 Å². The third kappa shape index (κ3) is 3.93. The van der Waals surface area contributed by atoms with Crippen LogP contribution in [0.4, 0.5) is 10.5 Å². The molecule has 2 aliphatic heterocycles. The summed E-state index contributed by atoms with van der Waals surface area (Å²) in [6, 6.07) is 7.95. The number of pyridine rings is 1. The molecule has 1 aromatic heterocycles. The van der Waals surface area contributed by atoms with Crippen molar-refractivity contribution in [2.75, 3.05) is 5.32 Å². The van der Waals surface area contributed by atoms with Crippen LogP contribution in [-0.2, 0) is 27.5 Å². The summed E-state index contributed by atoms with van der Waals surface area (Å²) in [6.07, 6.45) is 2.99. The minimum Gasteiger partial charge on any atom is -0.444 e. The van der Waals surface area contributed by atoms with Gasteiger partial charge in [0.1, 0.15) is 12.6 Å². The second-order valence-electron chi connectivity index (χ2n) is 6.83. The Hall–Kier alpha value is -3.75.